The summed E-state index contributed by atoms with van der Waals surface area (Å²) in [6, 6.07) is 15.3. The van der Waals surface area contributed by atoms with Gasteiger partial charge >= 0.3 is 0 Å². The number of nitriles is 1. The van der Waals surface area contributed by atoms with Gasteiger partial charge in [-0.2, -0.15) is 5.26 Å². The van der Waals surface area contributed by atoms with E-state index in [2.05, 4.69) is 16.0 Å². The lowest BCUT2D eigenvalue weighted by Crippen LogP contribution is -1.93. The number of nitrogens with zero attached hydrogens (tertiary/aromatic N) is 3. The van der Waals surface area contributed by atoms with Gasteiger partial charge in [0, 0.05) is 6.20 Å². The number of para-hydroxylation sites is 1. The largest absolute Gasteiger partial charge is 0.510 e. The van der Waals surface area contributed by atoms with Crippen molar-refractivity contribution >= 4 is 38.9 Å². The number of aromatic nitrogens is 2. The van der Waals surface area contributed by atoms with E-state index in [1.165, 1.54) is 23.1 Å². The molecule has 0 spiro atoms. The Bertz CT molecular complexity index is 833. The number of allylic oxidation sites excluding steroid dienone is 1. The van der Waals surface area contributed by atoms with Gasteiger partial charge in [-0.15, -0.1) is 11.3 Å². The number of rotatable bonds is 4. The number of aliphatic hydroxyl groups excluding tert-OH is 1. The molecule has 6 heteroatoms. The Balaban J connectivity index is 1.86. The Labute approximate surface area is 135 Å². The molecule has 3 rings (SSSR count). The molecule has 0 amide bonds. The first-order valence-corrected chi connectivity index (χ1v) is 8.30. The number of thiazole rings is 1. The summed E-state index contributed by atoms with van der Waals surface area (Å²) in [5, 5.41) is 20.9. The van der Waals surface area contributed by atoms with Crippen LogP contribution in [0.3, 0.4) is 0 Å². The fourth-order valence-electron chi connectivity index (χ4n) is 1.86. The molecule has 0 bridgehead atoms. The second-order valence-electron chi connectivity index (χ2n) is 4.38. The highest BCUT2D eigenvalue weighted by molar-refractivity contribution is 7.99. The van der Waals surface area contributed by atoms with Crippen molar-refractivity contribution in [1.82, 2.24) is 9.97 Å². The Hall–Kier alpha value is -2.36. The van der Waals surface area contributed by atoms with Crippen LogP contribution in [0.4, 0.5) is 0 Å². The number of fused-ring (bicyclic) bond motifs is 1. The molecule has 0 unspecified atom stereocenters. The molecule has 0 radical (unpaired) electrons. The van der Waals surface area contributed by atoms with Crippen molar-refractivity contribution in [3.05, 3.63) is 59.4 Å². The zero-order valence-electron chi connectivity index (χ0n) is 11.4. The summed E-state index contributed by atoms with van der Waals surface area (Å²) < 4.78 is 0.996. The number of hydrogen-bond acceptors (Lipinski definition) is 6. The van der Waals surface area contributed by atoms with E-state index in [1.807, 2.05) is 42.5 Å². The van der Waals surface area contributed by atoms with Crippen LogP contribution in [-0.2, 0) is 0 Å². The second kappa shape index (κ2) is 6.60. The van der Waals surface area contributed by atoms with E-state index in [9.17, 15) is 10.4 Å². The summed E-state index contributed by atoms with van der Waals surface area (Å²) >= 11 is 2.78. The van der Waals surface area contributed by atoms with Gasteiger partial charge in [-0.3, -0.25) is 0 Å². The van der Waals surface area contributed by atoms with Crippen molar-refractivity contribution in [3.8, 4) is 6.07 Å². The summed E-state index contributed by atoms with van der Waals surface area (Å²) in [6.45, 7) is 0. The maximum atomic E-state index is 10.2. The Morgan fingerprint density at radius 1 is 1.23 bits per heavy atom. The van der Waals surface area contributed by atoms with E-state index >= 15 is 0 Å². The topological polar surface area (TPSA) is 69.8 Å². The molecule has 0 fully saturated rings. The Morgan fingerprint density at radius 2 is 2.05 bits per heavy atom. The van der Waals surface area contributed by atoms with E-state index < -0.39 is 0 Å². The SMILES string of the molecule is N#CC(=C(O)CSc1ccccn1)c1nc2ccccc2s1. The molecule has 3 aromatic rings. The quantitative estimate of drug-likeness (QED) is 0.440. The van der Waals surface area contributed by atoms with E-state index in [-0.39, 0.29) is 17.1 Å². The third-order valence-corrected chi connectivity index (χ3v) is 4.91. The first-order chi connectivity index (χ1) is 10.8. The van der Waals surface area contributed by atoms with Gasteiger partial charge in [0.2, 0.25) is 0 Å². The molecule has 0 saturated heterocycles. The fraction of sp³-hybridized carbons (Fsp3) is 0.0625. The van der Waals surface area contributed by atoms with Gasteiger partial charge in [-0.05, 0) is 24.3 Å². The highest BCUT2D eigenvalue weighted by Gasteiger charge is 2.14. The molecular formula is C16H11N3OS2. The van der Waals surface area contributed by atoms with Crippen LogP contribution in [0.25, 0.3) is 15.8 Å². The normalized spacial score (nSPS) is 12.0. The monoisotopic (exact) mass is 325 g/mol. The van der Waals surface area contributed by atoms with Gasteiger partial charge in [0.15, 0.2) is 0 Å². The van der Waals surface area contributed by atoms with Crippen LogP contribution in [0.5, 0.6) is 0 Å². The van der Waals surface area contributed by atoms with Crippen LogP contribution in [0.2, 0.25) is 0 Å². The number of hydrogen-bond donors (Lipinski definition) is 1. The van der Waals surface area contributed by atoms with Gasteiger partial charge < -0.3 is 5.11 Å². The lowest BCUT2D eigenvalue weighted by molar-refractivity contribution is 0.421. The van der Waals surface area contributed by atoms with E-state index in [1.54, 1.807) is 6.20 Å². The Morgan fingerprint density at radius 3 is 2.77 bits per heavy atom. The van der Waals surface area contributed by atoms with Crippen LogP contribution in [-0.4, -0.2) is 20.8 Å². The highest BCUT2D eigenvalue weighted by Crippen LogP contribution is 2.29. The molecule has 22 heavy (non-hydrogen) atoms. The van der Waals surface area contributed by atoms with Crippen molar-refractivity contribution in [2.75, 3.05) is 5.75 Å². The number of pyridine rings is 1. The molecule has 0 atom stereocenters. The van der Waals surface area contributed by atoms with E-state index in [4.69, 9.17) is 0 Å². The molecule has 1 aromatic carbocycles. The standard InChI is InChI=1S/C16H11N3OS2/c17-9-11(13(20)10-21-15-7-3-4-8-18-15)16-19-12-5-1-2-6-14(12)22-16/h1-8,20H,10H2. The highest BCUT2D eigenvalue weighted by atomic mass is 32.2. The molecule has 0 aliphatic heterocycles. The predicted molar refractivity (Wildman–Crippen MR) is 89.7 cm³/mol. The lowest BCUT2D eigenvalue weighted by atomic mass is 10.2. The molecule has 4 nitrogen and oxygen atoms in total. The molecule has 2 aromatic heterocycles. The third-order valence-electron chi connectivity index (χ3n) is 2.90. The first kappa shape index (κ1) is 14.6. The van der Waals surface area contributed by atoms with Gasteiger partial charge in [-0.25, -0.2) is 9.97 Å². The minimum atomic E-state index is 0.0252. The smallest absolute Gasteiger partial charge is 0.138 e. The van der Waals surface area contributed by atoms with E-state index in [0.717, 1.165) is 15.2 Å². The van der Waals surface area contributed by atoms with Crippen molar-refractivity contribution < 1.29 is 5.11 Å². The second-order valence-corrected chi connectivity index (χ2v) is 6.40. The van der Waals surface area contributed by atoms with Gasteiger partial charge in [-0.1, -0.05) is 30.0 Å². The maximum absolute atomic E-state index is 10.2. The van der Waals surface area contributed by atoms with Crippen LogP contribution in [0.15, 0.2) is 59.4 Å². The van der Waals surface area contributed by atoms with Crippen LogP contribution < -0.4 is 0 Å². The summed E-state index contributed by atoms with van der Waals surface area (Å²) in [6.07, 6.45) is 1.70. The van der Waals surface area contributed by atoms with Crippen LogP contribution >= 0.6 is 23.1 Å². The molecule has 0 saturated carbocycles. The first-order valence-electron chi connectivity index (χ1n) is 6.50. The summed E-state index contributed by atoms with van der Waals surface area (Å²) in [5.74, 6) is 0.313. The minimum Gasteiger partial charge on any atom is -0.510 e. The average Bonchev–Trinajstić information content (AvgIpc) is 2.98. The maximum Gasteiger partial charge on any atom is 0.138 e. The van der Waals surface area contributed by atoms with Crippen molar-refractivity contribution in [2.24, 2.45) is 0 Å². The van der Waals surface area contributed by atoms with Gasteiger partial charge in [0.05, 0.1) is 21.0 Å². The number of benzene rings is 1. The number of thioether (sulfide) groups is 1. The molecule has 0 aliphatic rings. The minimum absolute atomic E-state index is 0.0252. The third kappa shape index (κ3) is 3.11. The molecule has 108 valence electrons. The van der Waals surface area contributed by atoms with Crippen LogP contribution in [0.1, 0.15) is 5.01 Å². The van der Waals surface area contributed by atoms with Crippen molar-refractivity contribution in [3.63, 3.8) is 0 Å². The molecule has 2 heterocycles. The zero-order chi connectivity index (χ0) is 15.4. The molecule has 1 N–H and O–H groups in total. The van der Waals surface area contributed by atoms with Gasteiger partial charge in [0.25, 0.3) is 0 Å². The van der Waals surface area contributed by atoms with Crippen molar-refractivity contribution in [1.29, 1.82) is 5.26 Å². The van der Waals surface area contributed by atoms with E-state index in [0.29, 0.717) is 5.01 Å². The average molecular weight is 325 g/mol. The predicted octanol–water partition coefficient (Wildman–Crippen LogP) is 4.28. The lowest BCUT2D eigenvalue weighted by Gasteiger charge is -2.02. The number of aliphatic hydroxyl groups is 1. The van der Waals surface area contributed by atoms with Crippen molar-refractivity contribution in [2.45, 2.75) is 5.03 Å². The summed E-state index contributed by atoms with van der Waals surface area (Å²) in [4.78, 5) is 8.59. The summed E-state index contributed by atoms with van der Waals surface area (Å²) in [5.41, 5.74) is 1.06. The Kier molecular flexibility index (Phi) is 4.37. The van der Waals surface area contributed by atoms with Crippen LogP contribution in [0, 0.1) is 11.3 Å². The van der Waals surface area contributed by atoms with Gasteiger partial charge in [0.1, 0.15) is 22.4 Å². The summed E-state index contributed by atoms with van der Waals surface area (Å²) in [7, 11) is 0. The fourth-order valence-corrected chi connectivity index (χ4v) is 3.58. The zero-order valence-corrected chi connectivity index (χ0v) is 13.1. The molecule has 0 aliphatic carbocycles. The molecular weight excluding hydrogens is 314 g/mol.